The molecule has 0 radical (unpaired) electrons. The Morgan fingerprint density at radius 2 is 1.88 bits per heavy atom. The molecule has 0 spiro atoms. The first kappa shape index (κ1) is 9.72. The van der Waals surface area contributed by atoms with E-state index in [9.17, 15) is 4.79 Å². The molecule has 1 aromatic carbocycles. The minimum Gasteiger partial charge on any atom is -0.274 e. The van der Waals surface area contributed by atoms with Crippen molar-refractivity contribution in [3.05, 3.63) is 34.6 Å². The van der Waals surface area contributed by atoms with E-state index in [2.05, 4.69) is 26.1 Å². The summed E-state index contributed by atoms with van der Waals surface area (Å²) in [5, 5.41) is 8.09. The molecule has 0 atom stereocenters. The number of carbonyl (C=O) groups excluding carboxylic acids is 1. The van der Waals surface area contributed by atoms with Gasteiger partial charge in [0.05, 0.1) is 0 Å². The first-order chi connectivity index (χ1) is 7.75. The largest absolute Gasteiger partial charge is 0.274 e. The van der Waals surface area contributed by atoms with Crippen molar-refractivity contribution in [1.82, 2.24) is 14.8 Å². The van der Waals surface area contributed by atoms with Crippen molar-refractivity contribution < 1.29 is 4.79 Å². The second-order valence-corrected chi connectivity index (χ2v) is 4.59. The summed E-state index contributed by atoms with van der Waals surface area (Å²) < 4.78 is 2.62. The normalized spacial score (nSPS) is 14.2. The summed E-state index contributed by atoms with van der Waals surface area (Å²) in [6.07, 6.45) is 1.23. The van der Waals surface area contributed by atoms with Crippen molar-refractivity contribution in [3.63, 3.8) is 0 Å². The van der Waals surface area contributed by atoms with Crippen LogP contribution in [0.15, 0.2) is 28.7 Å². The summed E-state index contributed by atoms with van der Waals surface area (Å²) in [7, 11) is 0. The number of rotatable bonds is 1. The molecule has 0 fully saturated rings. The lowest BCUT2D eigenvalue weighted by Crippen LogP contribution is -2.06. The third kappa shape index (κ3) is 1.39. The molecule has 0 bridgehead atoms. The van der Waals surface area contributed by atoms with Crippen molar-refractivity contribution in [2.45, 2.75) is 12.8 Å². The average Bonchev–Trinajstić information content (AvgIpc) is 2.84. The highest BCUT2D eigenvalue weighted by atomic mass is 79.9. The molecule has 80 valence electrons. The topological polar surface area (TPSA) is 47.8 Å². The monoisotopic (exact) mass is 277 g/mol. The zero-order valence-corrected chi connectivity index (χ0v) is 9.94. The number of hydrogen-bond acceptors (Lipinski definition) is 3. The number of halogens is 1. The van der Waals surface area contributed by atoms with Gasteiger partial charge in [0, 0.05) is 22.9 Å². The molecule has 1 aliphatic heterocycles. The van der Waals surface area contributed by atoms with Crippen LogP contribution in [-0.2, 0) is 6.42 Å². The number of aryl methyl sites for hydroxylation is 1. The van der Waals surface area contributed by atoms with Gasteiger partial charge in [-0.3, -0.25) is 4.79 Å². The molecule has 2 heterocycles. The standard InChI is InChI=1S/C11H8BrN3O/c12-8-3-1-7(2-4-8)11-14-13-9-5-6-10(16)15(9)11/h1-4H,5-6H2. The lowest BCUT2D eigenvalue weighted by atomic mass is 10.2. The third-order valence-electron chi connectivity index (χ3n) is 2.64. The van der Waals surface area contributed by atoms with Crippen LogP contribution in [0.25, 0.3) is 11.4 Å². The predicted molar refractivity (Wildman–Crippen MR) is 62.1 cm³/mol. The molecular weight excluding hydrogens is 270 g/mol. The van der Waals surface area contributed by atoms with Crippen LogP contribution in [0.1, 0.15) is 17.0 Å². The van der Waals surface area contributed by atoms with Gasteiger partial charge in [0.25, 0.3) is 0 Å². The first-order valence-corrected chi connectivity index (χ1v) is 5.78. The molecular formula is C11H8BrN3O. The summed E-state index contributed by atoms with van der Waals surface area (Å²) in [6, 6.07) is 7.70. The lowest BCUT2D eigenvalue weighted by molar-refractivity contribution is 0.0925. The van der Waals surface area contributed by atoms with E-state index >= 15 is 0 Å². The number of fused-ring (bicyclic) bond motifs is 1. The van der Waals surface area contributed by atoms with Crippen LogP contribution in [0.4, 0.5) is 0 Å². The van der Waals surface area contributed by atoms with Gasteiger partial charge in [0.2, 0.25) is 5.91 Å². The van der Waals surface area contributed by atoms with Gasteiger partial charge in [-0.05, 0) is 12.1 Å². The van der Waals surface area contributed by atoms with Crippen LogP contribution in [0, 0.1) is 0 Å². The Bertz CT molecular complexity index is 559. The van der Waals surface area contributed by atoms with Gasteiger partial charge in [-0.2, -0.15) is 0 Å². The summed E-state index contributed by atoms with van der Waals surface area (Å²) in [5.41, 5.74) is 0.914. The Balaban J connectivity index is 2.14. The van der Waals surface area contributed by atoms with Crippen molar-refractivity contribution in [1.29, 1.82) is 0 Å². The minimum absolute atomic E-state index is 0.0814. The lowest BCUT2D eigenvalue weighted by Gasteiger charge is -2.01. The molecule has 1 aromatic heterocycles. The van der Waals surface area contributed by atoms with E-state index in [-0.39, 0.29) is 5.91 Å². The van der Waals surface area contributed by atoms with Gasteiger partial charge in [0.1, 0.15) is 5.82 Å². The van der Waals surface area contributed by atoms with Gasteiger partial charge >= 0.3 is 0 Å². The zero-order valence-electron chi connectivity index (χ0n) is 8.35. The summed E-state index contributed by atoms with van der Waals surface area (Å²) >= 11 is 3.37. The molecule has 4 nitrogen and oxygen atoms in total. The Kier molecular flexibility index (Phi) is 2.14. The van der Waals surface area contributed by atoms with Crippen molar-refractivity contribution in [2.75, 3.05) is 0 Å². The fourth-order valence-corrected chi connectivity index (χ4v) is 2.12. The average molecular weight is 278 g/mol. The molecule has 1 aliphatic rings. The highest BCUT2D eigenvalue weighted by Crippen LogP contribution is 2.24. The van der Waals surface area contributed by atoms with Gasteiger partial charge < -0.3 is 0 Å². The minimum atomic E-state index is 0.0814. The number of carbonyl (C=O) groups is 1. The van der Waals surface area contributed by atoms with Crippen LogP contribution in [0.3, 0.4) is 0 Å². The molecule has 3 rings (SSSR count). The van der Waals surface area contributed by atoms with Crippen molar-refractivity contribution >= 4 is 21.8 Å². The van der Waals surface area contributed by atoms with Crippen LogP contribution in [0.5, 0.6) is 0 Å². The molecule has 0 amide bonds. The number of benzene rings is 1. The number of nitrogens with zero attached hydrogens (tertiary/aromatic N) is 3. The quantitative estimate of drug-likeness (QED) is 0.804. The van der Waals surface area contributed by atoms with E-state index in [0.717, 1.165) is 15.9 Å². The predicted octanol–water partition coefficient (Wildman–Crippen LogP) is 2.29. The van der Waals surface area contributed by atoms with Crippen molar-refractivity contribution in [3.8, 4) is 11.4 Å². The molecule has 2 aromatic rings. The highest BCUT2D eigenvalue weighted by Gasteiger charge is 2.25. The van der Waals surface area contributed by atoms with E-state index < -0.39 is 0 Å². The molecule has 16 heavy (non-hydrogen) atoms. The molecule has 0 saturated heterocycles. The molecule has 0 unspecified atom stereocenters. The van der Waals surface area contributed by atoms with E-state index in [1.165, 1.54) is 0 Å². The Labute approximate surface area is 100 Å². The van der Waals surface area contributed by atoms with Crippen LogP contribution < -0.4 is 0 Å². The summed E-state index contributed by atoms with van der Waals surface area (Å²) in [6.45, 7) is 0. The summed E-state index contributed by atoms with van der Waals surface area (Å²) in [5.74, 6) is 1.49. The maximum Gasteiger partial charge on any atom is 0.234 e. The van der Waals surface area contributed by atoms with E-state index in [1.54, 1.807) is 4.57 Å². The number of aromatic nitrogens is 3. The van der Waals surface area contributed by atoms with Crippen molar-refractivity contribution in [2.24, 2.45) is 0 Å². The van der Waals surface area contributed by atoms with E-state index in [0.29, 0.717) is 18.7 Å². The van der Waals surface area contributed by atoms with Gasteiger partial charge in [-0.15, -0.1) is 10.2 Å². The zero-order chi connectivity index (χ0) is 11.1. The summed E-state index contributed by atoms with van der Waals surface area (Å²) in [4.78, 5) is 11.7. The highest BCUT2D eigenvalue weighted by molar-refractivity contribution is 9.10. The molecule has 0 N–H and O–H groups in total. The molecule has 5 heteroatoms. The smallest absolute Gasteiger partial charge is 0.234 e. The van der Waals surface area contributed by atoms with Crippen LogP contribution in [-0.4, -0.2) is 20.7 Å². The van der Waals surface area contributed by atoms with E-state index in [4.69, 9.17) is 0 Å². The maximum atomic E-state index is 11.7. The number of hydrogen-bond donors (Lipinski definition) is 0. The Hall–Kier alpha value is -1.49. The van der Waals surface area contributed by atoms with Crippen LogP contribution >= 0.6 is 15.9 Å². The van der Waals surface area contributed by atoms with Gasteiger partial charge in [-0.1, -0.05) is 28.1 Å². The fourth-order valence-electron chi connectivity index (χ4n) is 1.86. The Morgan fingerprint density at radius 3 is 2.62 bits per heavy atom. The molecule has 0 saturated carbocycles. The van der Waals surface area contributed by atoms with E-state index in [1.807, 2.05) is 24.3 Å². The third-order valence-corrected chi connectivity index (χ3v) is 3.17. The Morgan fingerprint density at radius 1 is 1.12 bits per heavy atom. The SMILES string of the molecule is O=C1CCc2nnc(-c3ccc(Br)cc3)n21. The second kappa shape index (κ2) is 3.52. The van der Waals surface area contributed by atoms with Gasteiger partial charge in [0.15, 0.2) is 5.82 Å². The maximum absolute atomic E-state index is 11.7. The second-order valence-electron chi connectivity index (χ2n) is 3.68. The first-order valence-electron chi connectivity index (χ1n) is 4.99. The molecule has 0 aliphatic carbocycles. The van der Waals surface area contributed by atoms with Gasteiger partial charge in [-0.25, -0.2) is 4.57 Å². The fraction of sp³-hybridized carbons (Fsp3) is 0.182. The van der Waals surface area contributed by atoms with Crippen LogP contribution in [0.2, 0.25) is 0 Å².